The summed E-state index contributed by atoms with van der Waals surface area (Å²) < 4.78 is 0. The Morgan fingerprint density at radius 2 is 1.00 bits per heavy atom. The van der Waals surface area contributed by atoms with Crippen LogP contribution in [-0.2, 0) is 28.8 Å². The van der Waals surface area contributed by atoms with E-state index < -0.39 is 36.0 Å². The highest BCUT2D eigenvalue weighted by Crippen LogP contribution is 2.31. The number of carboxylic acid groups (broad SMARTS) is 4. The molecule has 1 aromatic carbocycles. The fourth-order valence-electron chi connectivity index (χ4n) is 4.80. The summed E-state index contributed by atoms with van der Waals surface area (Å²) in [6.07, 6.45) is 0. The highest BCUT2D eigenvalue weighted by molar-refractivity contribution is 5.88. The van der Waals surface area contributed by atoms with E-state index in [-0.39, 0.29) is 38.0 Å². The van der Waals surface area contributed by atoms with E-state index in [1.807, 2.05) is 47.9 Å². The third-order valence-corrected chi connectivity index (χ3v) is 6.72. The van der Waals surface area contributed by atoms with Crippen LogP contribution in [0.1, 0.15) is 37.1 Å². The molecule has 1 aromatic rings. The average Bonchev–Trinajstić information content (AvgIpc) is 2.90. The third kappa shape index (κ3) is 9.51. The van der Waals surface area contributed by atoms with E-state index in [1.54, 1.807) is 0 Å². The Morgan fingerprint density at radius 3 is 1.27 bits per heavy atom. The summed E-state index contributed by atoms with van der Waals surface area (Å²) in [5.74, 6) is -4.69. The summed E-state index contributed by atoms with van der Waals surface area (Å²) >= 11 is 0. The van der Waals surface area contributed by atoms with Crippen molar-refractivity contribution in [2.45, 2.75) is 25.9 Å². The molecule has 2 fully saturated rings. The van der Waals surface area contributed by atoms with Gasteiger partial charge in [0, 0.05) is 26.2 Å². The highest BCUT2D eigenvalue weighted by atomic mass is 16.4. The number of aliphatic carboxylic acids is 4. The molecule has 2 saturated heterocycles. The lowest BCUT2D eigenvalue weighted by atomic mass is 9.96. The molecule has 41 heavy (non-hydrogen) atoms. The number of hydrogen-bond acceptors (Lipinski definition) is 9. The van der Waals surface area contributed by atoms with Crippen LogP contribution in [0.4, 0.5) is 0 Å². The topological polar surface area (TPSA) is 208 Å². The van der Waals surface area contributed by atoms with Gasteiger partial charge in [-0.2, -0.15) is 0 Å². The van der Waals surface area contributed by atoms with E-state index in [0.29, 0.717) is 39.3 Å². The van der Waals surface area contributed by atoms with Gasteiger partial charge >= 0.3 is 23.9 Å². The Bertz CT molecular complexity index is 1030. The van der Waals surface area contributed by atoms with Gasteiger partial charge in [0.05, 0.1) is 13.1 Å². The van der Waals surface area contributed by atoms with Gasteiger partial charge in [-0.15, -0.1) is 0 Å². The molecule has 0 aromatic heterocycles. The maximum Gasteiger partial charge on any atom is 0.323 e. The van der Waals surface area contributed by atoms with Crippen LogP contribution in [0.15, 0.2) is 24.3 Å². The Kier molecular flexibility index (Phi) is 12.6. The molecule has 2 aliphatic rings. The first-order chi connectivity index (χ1) is 19.4. The van der Waals surface area contributed by atoms with Gasteiger partial charge in [0.15, 0.2) is 0 Å². The lowest BCUT2D eigenvalue weighted by Gasteiger charge is -2.41. The maximum atomic E-state index is 13.0. The minimum Gasteiger partial charge on any atom is -0.480 e. The minimum absolute atomic E-state index is 0.246. The standard InChI is InChI=1S/C22H30N4O6.C4H7NO4/c1-3-23-9-11-25(13-17(27)28)21(31)19(23)15-5-7-16(8-6-15)20-22(32)26(14-18(29)30)12-10-24(20)4-2;6-3(7)1-5-2-4(8)9/h5-8,19-20H,3-4,9-14H2,1-2H3,(H,27,28)(H,29,30);5H,1-2H2,(H,6,7)(H,8,9). The first-order valence-electron chi connectivity index (χ1n) is 13.1. The third-order valence-electron chi connectivity index (χ3n) is 6.72. The predicted octanol–water partition coefficient (Wildman–Crippen LogP) is -0.989. The molecule has 2 amide bonds. The van der Waals surface area contributed by atoms with Gasteiger partial charge in [0.1, 0.15) is 25.2 Å². The van der Waals surface area contributed by atoms with Gasteiger partial charge in [-0.05, 0) is 24.2 Å². The molecule has 0 saturated carbocycles. The van der Waals surface area contributed by atoms with E-state index in [0.717, 1.165) is 11.1 Å². The molecule has 3 rings (SSSR count). The van der Waals surface area contributed by atoms with Crippen LogP contribution in [0.5, 0.6) is 0 Å². The second-order valence-electron chi connectivity index (χ2n) is 9.43. The molecule has 0 bridgehead atoms. The summed E-state index contributed by atoms with van der Waals surface area (Å²) in [6.45, 7) is 5.83. The van der Waals surface area contributed by atoms with Crippen LogP contribution in [0.3, 0.4) is 0 Å². The Balaban J connectivity index is 0.000000564. The normalized spacial score (nSPS) is 19.9. The van der Waals surface area contributed by atoms with Crippen LogP contribution >= 0.6 is 0 Å². The van der Waals surface area contributed by atoms with Gasteiger partial charge < -0.3 is 30.2 Å². The first kappa shape index (κ1) is 33.1. The van der Waals surface area contributed by atoms with Crippen LogP contribution < -0.4 is 5.32 Å². The number of nitrogens with one attached hydrogen (secondary N) is 1. The number of hydrogen-bond donors (Lipinski definition) is 5. The molecule has 2 atom stereocenters. The quantitative estimate of drug-likeness (QED) is 0.202. The molecule has 2 unspecified atom stereocenters. The summed E-state index contributed by atoms with van der Waals surface area (Å²) in [6, 6.07) is 6.08. The number of carbonyl (C=O) groups excluding carboxylic acids is 2. The molecule has 0 spiro atoms. The Labute approximate surface area is 236 Å². The van der Waals surface area contributed by atoms with Gasteiger partial charge in [-0.3, -0.25) is 43.9 Å². The number of piperazine rings is 2. The van der Waals surface area contributed by atoms with Gasteiger partial charge in [-0.25, -0.2) is 0 Å². The highest BCUT2D eigenvalue weighted by Gasteiger charge is 2.38. The van der Waals surface area contributed by atoms with E-state index in [4.69, 9.17) is 20.4 Å². The molecule has 5 N–H and O–H groups in total. The fourth-order valence-corrected chi connectivity index (χ4v) is 4.80. The van der Waals surface area contributed by atoms with Gasteiger partial charge in [-0.1, -0.05) is 38.1 Å². The van der Waals surface area contributed by atoms with Crippen molar-refractivity contribution in [3.05, 3.63) is 35.4 Å². The van der Waals surface area contributed by atoms with E-state index >= 15 is 0 Å². The van der Waals surface area contributed by atoms with Crippen molar-refractivity contribution in [1.82, 2.24) is 24.9 Å². The summed E-state index contributed by atoms with van der Waals surface area (Å²) in [5.41, 5.74) is 1.48. The second kappa shape index (κ2) is 15.6. The van der Waals surface area contributed by atoms with E-state index in [9.17, 15) is 28.8 Å². The molecule has 0 radical (unpaired) electrons. The Hall–Kier alpha value is -4.08. The predicted molar refractivity (Wildman–Crippen MR) is 143 cm³/mol. The van der Waals surface area contributed by atoms with Crippen molar-refractivity contribution in [2.24, 2.45) is 0 Å². The zero-order valence-corrected chi connectivity index (χ0v) is 23.1. The molecule has 2 heterocycles. The van der Waals surface area contributed by atoms with Crippen molar-refractivity contribution in [2.75, 3.05) is 65.4 Å². The van der Waals surface area contributed by atoms with Gasteiger partial charge in [0.25, 0.3) is 0 Å². The molecular formula is C26H37N5O10. The molecule has 226 valence electrons. The number of nitrogens with zero attached hydrogens (tertiary/aromatic N) is 4. The summed E-state index contributed by atoms with van der Waals surface area (Å²) in [4.78, 5) is 74.5. The lowest BCUT2D eigenvalue weighted by molar-refractivity contribution is -0.150. The number of carbonyl (C=O) groups is 6. The van der Waals surface area contributed by atoms with Crippen molar-refractivity contribution in [1.29, 1.82) is 0 Å². The second-order valence-corrected chi connectivity index (χ2v) is 9.43. The first-order valence-corrected chi connectivity index (χ1v) is 13.1. The van der Waals surface area contributed by atoms with Crippen LogP contribution in [0.2, 0.25) is 0 Å². The molecule has 0 aliphatic carbocycles. The van der Waals surface area contributed by atoms with Crippen LogP contribution in [0.25, 0.3) is 0 Å². The molecular weight excluding hydrogens is 542 g/mol. The summed E-state index contributed by atoms with van der Waals surface area (Å²) in [7, 11) is 0. The zero-order chi connectivity index (χ0) is 30.7. The Morgan fingerprint density at radius 1 is 0.659 bits per heavy atom. The van der Waals surface area contributed by atoms with Crippen LogP contribution in [0, 0.1) is 0 Å². The zero-order valence-electron chi connectivity index (χ0n) is 23.1. The summed E-state index contributed by atoms with van der Waals surface area (Å²) in [5, 5.41) is 36.3. The van der Waals surface area contributed by atoms with Crippen molar-refractivity contribution >= 4 is 35.7 Å². The lowest BCUT2D eigenvalue weighted by Crippen LogP contribution is -2.53. The smallest absolute Gasteiger partial charge is 0.323 e. The number of benzene rings is 1. The van der Waals surface area contributed by atoms with E-state index in [2.05, 4.69) is 5.32 Å². The average molecular weight is 580 g/mol. The van der Waals surface area contributed by atoms with Crippen LogP contribution in [-0.4, -0.2) is 141 Å². The van der Waals surface area contributed by atoms with Crippen molar-refractivity contribution < 1.29 is 49.2 Å². The monoisotopic (exact) mass is 579 g/mol. The van der Waals surface area contributed by atoms with E-state index in [1.165, 1.54) is 9.80 Å². The minimum atomic E-state index is -1.06. The molecule has 2 aliphatic heterocycles. The van der Waals surface area contributed by atoms with Gasteiger partial charge in [0.2, 0.25) is 11.8 Å². The van der Waals surface area contributed by atoms with Crippen molar-refractivity contribution in [3.8, 4) is 0 Å². The number of rotatable bonds is 12. The molecule has 15 nitrogen and oxygen atoms in total. The SMILES string of the molecule is CCN1CCN(CC(=O)O)C(=O)C1c1ccc(C2C(=O)N(CC(=O)O)CCN2CC)cc1.O=C(O)CNCC(=O)O. The molecule has 15 heteroatoms. The number of carboxylic acids is 4. The van der Waals surface area contributed by atoms with Crippen molar-refractivity contribution in [3.63, 3.8) is 0 Å². The maximum absolute atomic E-state index is 13.0. The number of likely N-dealkylation sites (N-methyl/N-ethyl adjacent to an activating group) is 2. The largest absolute Gasteiger partial charge is 0.480 e. The number of amides is 2. The fraction of sp³-hybridized carbons (Fsp3) is 0.538.